The molecule has 0 fully saturated rings. The molecule has 100 valence electrons. The van der Waals surface area contributed by atoms with E-state index in [9.17, 15) is 4.39 Å². The van der Waals surface area contributed by atoms with E-state index in [1.807, 2.05) is 6.92 Å². The fourth-order valence-electron chi connectivity index (χ4n) is 1.70. The molecule has 2 rings (SSSR count). The van der Waals surface area contributed by atoms with E-state index in [0.29, 0.717) is 28.7 Å². The lowest BCUT2D eigenvalue weighted by atomic mass is 10.2. The van der Waals surface area contributed by atoms with Crippen LogP contribution >= 0.6 is 0 Å². The van der Waals surface area contributed by atoms with E-state index in [0.717, 1.165) is 5.56 Å². The average molecular weight is 261 g/mol. The Labute approximate surface area is 111 Å². The van der Waals surface area contributed by atoms with Gasteiger partial charge < -0.3 is 10.7 Å². The molecule has 1 aromatic carbocycles. The predicted octanol–water partition coefficient (Wildman–Crippen LogP) is 2.57. The number of nitrogens with one attached hydrogen (secondary N) is 2. The van der Waals surface area contributed by atoms with E-state index in [4.69, 9.17) is 5.84 Å². The Morgan fingerprint density at radius 1 is 1.11 bits per heavy atom. The summed E-state index contributed by atoms with van der Waals surface area (Å²) in [5.41, 5.74) is 4.52. The molecule has 1 heterocycles. The van der Waals surface area contributed by atoms with Gasteiger partial charge in [0.2, 0.25) is 0 Å². The quantitative estimate of drug-likeness (QED) is 0.585. The van der Waals surface area contributed by atoms with Gasteiger partial charge in [0, 0.05) is 11.3 Å². The first-order valence-electron chi connectivity index (χ1n) is 5.86. The standard InChI is InChI=1S/C13H16FN5/c1-7-4-5-10(6-11(7)14)18-12-8(2)13(19-15)17-9(3)16-12/h4-6H,15H2,1-3H3,(H2,16,17,18,19). The van der Waals surface area contributed by atoms with E-state index in [-0.39, 0.29) is 5.82 Å². The maximum atomic E-state index is 13.5. The highest BCUT2D eigenvalue weighted by Crippen LogP contribution is 2.23. The van der Waals surface area contributed by atoms with Crippen molar-refractivity contribution in [2.75, 3.05) is 10.7 Å². The third-order valence-corrected chi connectivity index (χ3v) is 2.83. The van der Waals surface area contributed by atoms with Gasteiger partial charge in [-0.25, -0.2) is 20.2 Å². The zero-order valence-corrected chi connectivity index (χ0v) is 11.1. The highest BCUT2D eigenvalue weighted by atomic mass is 19.1. The molecule has 19 heavy (non-hydrogen) atoms. The fourth-order valence-corrected chi connectivity index (χ4v) is 1.70. The lowest BCUT2D eigenvalue weighted by Gasteiger charge is -2.12. The lowest BCUT2D eigenvalue weighted by Crippen LogP contribution is -2.13. The van der Waals surface area contributed by atoms with Crippen molar-refractivity contribution in [3.63, 3.8) is 0 Å². The van der Waals surface area contributed by atoms with Gasteiger partial charge in [-0.15, -0.1) is 0 Å². The van der Waals surface area contributed by atoms with Crippen molar-refractivity contribution in [3.8, 4) is 0 Å². The molecule has 0 aliphatic heterocycles. The monoisotopic (exact) mass is 261 g/mol. The SMILES string of the molecule is Cc1nc(NN)c(C)c(Nc2ccc(C)c(F)c2)n1. The fraction of sp³-hybridized carbons (Fsp3) is 0.231. The average Bonchev–Trinajstić information content (AvgIpc) is 2.37. The summed E-state index contributed by atoms with van der Waals surface area (Å²) in [7, 11) is 0. The van der Waals surface area contributed by atoms with Crippen molar-refractivity contribution in [1.29, 1.82) is 0 Å². The molecule has 0 spiro atoms. The second-order valence-corrected chi connectivity index (χ2v) is 4.33. The van der Waals surface area contributed by atoms with Gasteiger partial charge >= 0.3 is 0 Å². The minimum absolute atomic E-state index is 0.259. The minimum Gasteiger partial charge on any atom is -0.340 e. The minimum atomic E-state index is -0.259. The number of rotatable bonds is 3. The van der Waals surface area contributed by atoms with Gasteiger partial charge in [0.05, 0.1) is 0 Å². The molecule has 5 nitrogen and oxygen atoms in total. The molecule has 0 radical (unpaired) electrons. The van der Waals surface area contributed by atoms with E-state index in [1.54, 1.807) is 26.0 Å². The van der Waals surface area contributed by atoms with E-state index in [2.05, 4.69) is 20.7 Å². The first-order chi connectivity index (χ1) is 9.01. The Balaban J connectivity index is 2.37. The van der Waals surface area contributed by atoms with Crippen LogP contribution in [0.25, 0.3) is 0 Å². The van der Waals surface area contributed by atoms with Gasteiger partial charge in [-0.1, -0.05) is 6.07 Å². The van der Waals surface area contributed by atoms with Gasteiger partial charge in [-0.3, -0.25) is 0 Å². The van der Waals surface area contributed by atoms with Crippen molar-refractivity contribution >= 4 is 17.3 Å². The number of aryl methyl sites for hydroxylation is 2. The molecule has 2 aromatic rings. The number of hydrogen-bond acceptors (Lipinski definition) is 5. The smallest absolute Gasteiger partial charge is 0.148 e. The van der Waals surface area contributed by atoms with Crippen molar-refractivity contribution in [2.24, 2.45) is 5.84 Å². The normalized spacial score (nSPS) is 10.4. The largest absolute Gasteiger partial charge is 0.340 e. The first kappa shape index (κ1) is 13.2. The van der Waals surface area contributed by atoms with Crippen LogP contribution in [0.5, 0.6) is 0 Å². The van der Waals surface area contributed by atoms with Crippen molar-refractivity contribution in [2.45, 2.75) is 20.8 Å². The van der Waals surface area contributed by atoms with Gasteiger partial charge in [-0.05, 0) is 38.5 Å². The summed E-state index contributed by atoms with van der Waals surface area (Å²) in [6, 6.07) is 4.94. The highest BCUT2D eigenvalue weighted by molar-refractivity contribution is 5.64. The van der Waals surface area contributed by atoms with E-state index >= 15 is 0 Å². The summed E-state index contributed by atoms with van der Waals surface area (Å²) < 4.78 is 13.5. The second kappa shape index (κ2) is 5.19. The Morgan fingerprint density at radius 2 is 1.79 bits per heavy atom. The number of anilines is 3. The van der Waals surface area contributed by atoms with E-state index < -0.39 is 0 Å². The maximum Gasteiger partial charge on any atom is 0.148 e. The van der Waals surface area contributed by atoms with Crippen LogP contribution in [0, 0.1) is 26.6 Å². The van der Waals surface area contributed by atoms with Crippen LogP contribution in [0.3, 0.4) is 0 Å². The Kier molecular flexibility index (Phi) is 3.62. The molecule has 0 saturated heterocycles. The number of hydrazine groups is 1. The lowest BCUT2D eigenvalue weighted by molar-refractivity contribution is 0.619. The molecule has 6 heteroatoms. The van der Waals surface area contributed by atoms with Gasteiger partial charge in [0.15, 0.2) is 0 Å². The zero-order chi connectivity index (χ0) is 14.0. The topological polar surface area (TPSA) is 75.9 Å². The summed E-state index contributed by atoms with van der Waals surface area (Å²) in [5.74, 6) is 6.86. The number of halogens is 1. The third-order valence-electron chi connectivity index (χ3n) is 2.83. The van der Waals surface area contributed by atoms with Crippen molar-refractivity contribution < 1.29 is 4.39 Å². The van der Waals surface area contributed by atoms with Gasteiger partial charge in [-0.2, -0.15) is 0 Å². The molecule has 0 atom stereocenters. The summed E-state index contributed by atoms with van der Waals surface area (Å²) in [6.45, 7) is 5.32. The first-order valence-corrected chi connectivity index (χ1v) is 5.86. The predicted molar refractivity (Wildman–Crippen MR) is 73.7 cm³/mol. The van der Waals surface area contributed by atoms with Crippen LogP contribution in [0.2, 0.25) is 0 Å². The molecule has 4 N–H and O–H groups in total. The molecule has 0 aliphatic carbocycles. The van der Waals surface area contributed by atoms with Crippen LogP contribution in [-0.4, -0.2) is 9.97 Å². The number of nitrogen functional groups attached to an aromatic ring is 1. The van der Waals surface area contributed by atoms with Crippen molar-refractivity contribution in [3.05, 3.63) is 41.0 Å². The Hall–Kier alpha value is -2.21. The Morgan fingerprint density at radius 3 is 2.42 bits per heavy atom. The van der Waals surface area contributed by atoms with Crippen molar-refractivity contribution in [1.82, 2.24) is 9.97 Å². The highest BCUT2D eigenvalue weighted by Gasteiger charge is 2.09. The molecule has 1 aromatic heterocycles. The van der Waals surface area contributed by atoms with Gasteiger partial charge in [0.1, 0.15) is 23.3 Å². The van der Waals surface area contributed by atoms with Gasteiger partial charge in [0.25, 0.3) is 0 Å². The summed E-state index contributed by atoms with van der Waals surface area (Å²) >= 11 is 0. The number of nitrogens with two attached hydrogens (primary N) is 1. The summed E-state index contributed by atoms with van der Waals surface area (Å²) in [4.78, 5) is 8.45. The van der Waals surface area contributed by atoms with Crippen LogP contribution in [0.1, 0.15) is 17.0 Å². The molecular weight excluding hydrogens is 245 g/mol. The second-order valence-electron chi connectivity index (χ2n) is 4.33. The zero-order valence-electron chi connectivity index (χ0n) is 11.1. The number of hydrogen-bond donors (Lipinski definition) is 3. The molecule has 0 amide bonds. The van der Waals surface area contributed by atoms with Crippen LogP contribution in [-0.2, 0) is 0 Å². The van der Waals surface area contributed by atoms with Crippen LogP contribution < -0.4 is 16.6 Å². The number of benzene rings is 1. The Bertz CT molecular complexity index is 612. The molecule has 0 unspecified atom stereocenters. The summed E-state index contributed by atoms with van der Waals surface area (Å²) in [6.07, 6.45) is 0. The van der Waals surface area contributed by atoms with Crippen LogP contribution in [0.15, 0.2) is 18.2 Å². The molecule has 0 saturated carbocycles. The van der Waals surface area contributed by atoms with Crippen LogP contribution in [0.4, 0.5) is 21.7 Å². The molecule has 0 aliphatic rings. The third kappa shape index (κ3) is 2.79. The maximum absolute atomic E-state index is 13.5. The number of aromatic nitrogens is 2. The molecular formula is C13H16FN5. The summed E-state index contributed by atoms with van der Waals surface area (Å²) in [5, 5.41) is 3.07. The number of nitrogens with zero attached hydrogens (tertiary/aromatic N) is 2. The van der Waals surface area contributed by atoms with E-state index in [1.165, 1.54) is 6.07 Å². The molecule has 0 bridgehead atoms.